The Morgan fingerprint density at radius 2 is 1.69 bits per heavy atom. The maximum absolute atomic E-state index is 14.4. The largest absolute Gasteiger partial charge is 0.377 e. The molecule has 14 heteroatoms. The number of aromatic nitrogens is 3. The van der Waals surface area contributed by atoms with E-state index in [-0.39, 0.29) is 101 Å². The first-order chi connectivity index (χ1) is 19.9. The SMILES string of the molecule is CC(C)(C)c1cn([C@H]2C[C@H]3C(=O)NCCOCCOCC(=O)N4CCN(C5CCC(F)(F)CC5)C[C@H]4C(=O)N3C2)nn1. The molecule has 1 saturated carbocycles. The molecule has 1 aromatic heterocycles. The molecule has 42 heavy (non-hydrogen) atoms. The van der Waals surface area contributed by atoms with Crippen LogP contribution in [-0.4, -0.2) is 131 Å². The number of piperazine rings is 1. The third-order valence-electron chi connectivity index (χ3n) is 8.88. The van der Waals surface area contributed by atoms with Gasteiger partial charge in [0.05, 0.1) is 31.6 Å². The van der Waals surface area contributed by atoms with Crippen molar-refractivity contribution in [2.45, 2.75) is 88.4 Å². The second-order valence-corrected chi connectivity index (χ2v) is 12.9. The highest BCUT2D eigenvalue weighted by molar-refractivity contribution is 5.93. The molecule has 1 N–H and O–H groups in total. The van der Waals surface area contributed by atoms with Crippen molar-refractivity contribution in [1.82, 2.24) is 35.0 Å². The Kier molecular flexibility index (Phi) is 9.14. The zero-order valence-electron chi connectivity index (χ0n) is 24.8. The minimum absolute atomic E-state index is 0.0870. The summed E-state index contributed by atoms with van der Waals surface area (Å²) >= 11 is 0. The van der Waals surface area contributed by atoms with Crippen molar-refractivity contribution in [2.75, 3.05) is 59.2 Å². The van der Waals surface area contributed by atoms with Crippen LogP contribution in [0, 0.1) is 0 Å². The molecule has 12 nitrogen and oxygen atoms in total. The molecule has 4 fully saturated rings. The molecule has 3 aliphatic heterocycles. The van der Waals surface area contributed by atoms with Gasteiger partial charge in [-0.1, -0.05) is 26.0 Å². The van der Waals surface area contributed by atoms with Gasteiger partial charge in [-0.25, -0.2) is 13.5 Å². The molecule has 1 aliphatic carbocycles. The highest BCUT2D eigenvalue weighted by Gasteiger charge is 2.47. The minimum atomic E-state index is -2.66. The first-order valence-electron chi connectivity index (χ1n) is 15.0. The van der Waals surface area contributed by atoms with Crippen molar-refractivity contribution in [3.05, 3.63) is 11.9 Å². The summed E-state index contributed by atoms with van der Waals surface area (Å²) in [7, 11) is 0. The Morgan fingerprint density at radius 3 is 2.40 bits per heavy atom. The third kappa shape index (κ3) is 6.91. The van der Waals surface area contributed by atoms with Crippen LogP contribution >= 0.6 is 0 Å². The van der Waals surface area contributed by atoms with Crippen molar-refractivity contribution < 1.29 is 32.6 Å². The van der Waals surface area contributed by atoms with Crippen LogP contribution in [0.15, 0.2) is 6.20 Å². The average Bonchev–Trinajstić information content (AvgIpc) is 3.61. The highest BCUT2D eigenvalue weighted by Crippen LogP contribution is 2.36. The highest BCUT2D eigenvalue weighted by atomic mass is 19.3. The first kappa shape index (κ1) is 30.7. The maximum atomic E-state index is 14.4. The number of rotatable bonds is 2. The number of nitrogens with zero attached hydrogens (tertiary/aromatic N) is 6. The Labute approximate surface area is 245 Å². The number of nitrogens with one attached hydrogen (secondary N) is 1. The van der Waals surface area contributed by atoms with Crippen LogP contribution in [0.2, 0.25) is 0 Å². The number of alkyl halides is 2. The summed E-state index contributed by atoms with van der Waals surface area (Å²) in [5.74, 6) is -3.61. The van der Waals surface area contributed by atoms with Crippen LogP contribution in [-0.2, 0) is 29.3 Å². The monoisotopic (exact) mass is 595 g/mol. The first-order valence-corrected chi connectivity index (χ1v) is 15.0. The van der Waals surface area contributed by atoms with E-state index in [1.807, 2.05) is 27.0 Å². The zero-order valence-corrected chi connectivity index (χ0v) is 24.8. The number of carbonyl (C=O) groups excluding carboxylic acids is 3. The molecule has 0 radical (unpaired) electrons. The van der Waals surface area contributed by atoms with Gasteiger partial charge >= 0.3 is 0 Å². The van der Waals surface area contributed by atoms with E-state index in [2.05, 4.69) is 20.5 Å². The Balaban J connectivity index is 1.41. The third-order valence-corrected chi connectivity index (χ3v) is 8.88. The number of halogens is 2. The molecule has 3 atom stereocenters. The Hall–Kier alpha value is -2.71. The Morgan fingerprint density at radius 1 is 0.952 bits per heavy atom. The van der Waals surface area contributed by atoms with Gasteiger partial charge in [0.15, 0.2) is 0 Å². The summed E-state index contributed by atoms with van der Waals surface area (Å²) < 4.78 is 40.6. The van der Waals surface area contributed by atoms with Crippen LogP contribution in [0.3, 0.4) is 0 Å². The van der Waals surface area contributed by atoms with E-state index in [9.17, 15) is 23.2 Å². The van der Waals surface area contributed by atoms with Crippen molar-refractivity contribution in [1.29, 1.82) is 0 Å². The molecule has 4 heterocycles. The molecular weight excluding hydrogens is 552 g/mol. The van der Waals surface area contributed by atoms with Gasteiger partial charge in [0.2, 0.25) is 23.6 Å². The van der Waals surface area contributed by atoms with Crippen LogP contribution in [0.5, 0.6) is 0 Å². The summed E-state index contributed by atoms with van der Waals surface area (Å²) in [6.07, 6.45) is 2.51. The van der Waals surface area contributed by atoms with Crippen LogP contribution in [0.4, 0.5) is 8.78 Å². The normalized spacial score (nSPS) is 29.5. The van der Waals surface area contributed by atoms with Crippen LogP contribution in [0.1, 0.15) is 64.6 Å². The minimum Gasteiger partial charge on any atom is -0.377 e. The van der Waals surface area contributed by atoms with Gasteiger partial charge in [0.25, 0.3) is 0 Å². The molecule has 0 unspecified atom stereocenters. The fourth-order valence-corrected chi connectivity index (χ4v) is 6.35. The van der Waals surface area contributed by atoms with Gasteiger partial charge in [0.1, 0.15) is 18.7 Å². The van der Waals surface area contributed by atoms with Crippen molar-refractivity contribution in [3.63, 3.8) is 0 Å². The summed E-state index contributed by atoms with van der Waals surface area (Å²) in [6.45, 7) is 8.14. The van der Waals surface area contributed by atoms with Gasteiger partial charge in [-0.05, 0) is 12.8 Å². The van der Waals surface area contributed by atoms with E-state index in [0.29, 0.717) is 25.8 Å². The van der Waals surface area contributed by atoms with Gasteiger partial charge in [-0.3, -0.25) is 19.3 Å². The Bertz CT molecular complexity index is 1130. The summed E-state index contributed by atoms with van der Waals surface area (Å²) in [5, 5.41) is 11.5. The fraction of sp³-hybridized carbons (Fsp3) is 0.821. The lowest BCUT2D eigenvalue weighted by Crippen LogP contribution is -2.64. The molecule has 5 rings (SSSR count). The molecule has 234 valence electrons. The van der Waals surface area contributed by atoms with Gasteiger partial charge < -0.3 is 24.6 Å². The van der Waals surface area contributed by atoms with Crippen LogP contribution in [0.25, 0.3) is 0 Å². The number of fused-ring (bicyclic) bond motifs is 2. The van der Waals surface area contributed by atoms with E-state index in [1.54, 1.807) is 9.58 Å². The molecule has 1 aromatic rings. The topological polar surface area (TPSA) is 122 Å². The second kappa shape index (κ2) is 12.5. The van der Waals surface area contributed by atoms with Crippen molar-refractivity contribution in [2.24, 2.45) is 0 Å². The average molecular weight is 596 g/mol. The van der Waals surface area contributed by atoms with Gasteiger partial charge in [-0.2, -0.15) is 0 Å². The van der Waals surface area contributed by atoms with Crippen molar-refractivity contribution >= 4 is 17.7 Å². The molecular formula is C28H43F2N7O5. The standard InChI is InChI=1S/C28H43F2N7O5/c1-27(2,3)23-17-37(33-32-23)20-14-21-25(39)31-8-11-41-12-13-42-18-24(38)35-10-9-34(16-22(35)26(40)36(21)15-20)19-4-6-28(29,30)7-5-19/h17,19-22H,4-16,18H2,1-3H3,(H,31,39)/t20-,21-,22-/m0/s1. The second-order valence-electron chi connectivity index (χ2n) is 12.9. The van der Waals surface area contributed by atoms with Gasteiger partial charge in [-0.15, -0.1) is 5.10 Å². The molecule has 3 saturated heterocycles. The van der Waals surface area contributed by atoms with E-state index in [1.165, 1.54) is 4.90 Å². The predicted octanol–water partition coefficient (Wildman–Crippen LogP) is 0.971. The lowest BCUT2D eigenvalue weighted by molar-refractivity contribution is -0.155. The summed E-state index contributed by atoms with van der Waals surface area (Å²) in [6, 6.07) is -2.01. The maximum Gasteiger partial charge on any atom is 0.249 e. The summed E-state index contributed by atoms with van der Waals surface area (Å²) in [5.41, 5.74) is 0.587. The van der Waals surface area contributed by atoms with E-state index in [0.717, 1.165) is 5.69 Å². The summed E-state index contributed by atoms with van der Waals surface area (Å²) in [4.78, 5) is 46.3. The fourth-order valence-electron chi connectivity index (χ4n) is 6.35. The number of amides is 3. The molecule has 0 aromatic carbocycles. The van der Waals surface area contributed by atoms with E-state index < -0.39 is 18.0 Å². The number of hydrogen-bond acceptors (Lipinski definition) is 8. The molecule has 0 spiro atoms. The molecule has 0 bridgehead atoms. The predicted molar refractivity (Wildman–Crippen MR) is 147 cm³/mol. The molecule has 4 aliphatic rings. The van der Waals surface area contributed by atoms with E-state index in [4.69, 9.17) is 9.47 Å². The van der Waals surface area contributed by atoms with E-state index >= 15 is 0 Å². The lowest BCUT2D eigenvalue weighted by atomic mass is 9.90. The van der Waals surface area contributed by atoms with Gasteiger partial charge in [0, 0.05) is 69.6 Å². The molecule has 3 amide bonds. The number of carbonyl (C=O) groups is 3. The lowest BCUT2D eigenvalue weighted by Gasteiger charge is -2.46. The zero-order chi connectivity index (χ0) is 30.1. The smallest absolute Gasteiger partial charge is 0.249 e. The number of ether oxygens (including phenoxy) is 2. The van der Waals surface area contributed by atoms with Crippen LogP contribution < -0.4 is 5.32 Å². The number of hydrogen-bond donors (Lipinski definition) is 1. The quantitative estimate of drug-likeness (QED) is 0.537. The van der Waals surface area contributed by atoms with Crippen molar-refractivity contribution in [3.8, 4) is 0 Å².